The second kappa shape index (κ2) is 9.73. The summed E-state index contributed by atoms with van der Waals surface area (Å²) in [7, 11) is 3.86. The number of rotatable bonds is 6. The number of hydrogen-bond donors (Lipinski definition) is 0. The van der Waals surface area contributed by atoms with Gasteiger partial charge in [-0.15, -0.1) is 12.4 Å². The minimum atomic E-state index is -0.874. The Morgan fingerprint density at radius 1 is 1.14 bits per heavy atom. The molecule has 0 aliphatic rings. The monoisotopic (exact) mass is 489 g/mol. The number of anilines is 1. The van der Waals surface area contributed by atoms with Crippen molar-refractivity contribution in [3.05, 3.63) is 58.1 Å². The highest BCUT2D eigenvalue weighted by molar-refractivity contribution is 9.10. The van der Waals surface area contributed by atoms with Gasteiger partial charge in [-0.25, -0.2) is 13.8 Å². The zero-order chi connectivity index (χ0) is 19.6. The van der Waals surface area contributed by atoms with Crippen molar-refractivity contribution < 1.29 is 13.6 Å². The first-order valence-electron chi connectivity index (χ1n) is 8.33. The summed E-state index contributed by atoms with van der Waals surface area (Å²) in [5.74, 6) is -2.47. The van der Waals surface area contributed by atoms with Gasteiger partial charge in [-0.2, -0.15) is 0 Å². The molecule has 2 aromatic carbocycles. The van der Waals surface area contributed by atoms with Gasteiger partial charge in [-0.3, -0.25) is 9.69 Å². The average molecular weight is 491 g/mol. The van der Waals surface area contributed by atoms with Crippen molar-refractivity contribution in [1.29, 1.82) is 0 Å². The van der Waals surface area contributed by atoms with Crippen molar-refractivity contribution in [1.82, 2.24) is 9.88 Å². The second-order valence-corrected chi connectivity index (χ2v) is 8.24. The number of aromatic nitrogens is 1. The van der Waals surface area contributed by atoms with Gasteiger partial charge in [0, 0.05) is 11.0 Å². The Bertz CT molecular complexity index is 963. The predicted octanol–water partition coefficient (Wildman–Crippen LogP) is 5.36. The molecular formula is C19H19BrClF2N3OS. The number of carbonyl (C=O) groups excluding carboxylic acids is 1. The summed E-state index contributed by atoms with van der Waals surface area (Å²) in [6.45, 7) is 1.05. The molecular weight excluding hydrogens is 472 g/mol. The molecule has 4 nitrogen and oxygen atoms in total. The number of carbonyl (C=O) groups is 1. The van der Waals surface area contributed by atoms with E-state index in [1.807, 2.05) is 37.2 Å². The van der Waals surface area contributed by atoms with Gasteiger partial charge in [0.1, 0.15) is 17.2 Å². The molecule has 0 saturated carbocycles. The van der Waals surface area contributed by atoms with Gasteiger partial charge in [0.2, 0.25) is 0 Å². The zero-order valence-corrected chi connectivity index (χ0v) is 18.5. The number of halogens is 4. The van der Waals surface area contributed by atoms with Crippen LogP contribution >= 0.6 is 39.7 Å². The van der Waals surface area contributed by atoms with Crippen molar-refractivity contribution in [2.24, 2.45) is 0 Å². The van der Waals surface area contributed by atoms with Crippen LogP contribution in [0.15, 0.2) is 40.9 Å². The molecule has 0 bridgehead atoms. The highest BCUT2D eigenvalue weighted by Crippen LogP contribution is 2.32. The lowest BCUT2D eigenvalue weighted by Crippen LogP contribution is -2.34. The van der Waals surface area contributed by atoms with Crippen molar-refractivity contribution >= 4 is 60.9 Å². The average Bonchev–Trinajstić information content (AvgIpc) is 3.00. The SMILES string of the molecule is CN(C)CCCN(C(=O)c1c(F)cccc1F)c1nc2ccc(Br)cc2s1.Cl. The van der Waals surface area contributed by atoms with Crippen LogP contribution in [0.4, 0.5) is 13.9 Å². The summed E-state index contributed by atoms with van der Waals surface area (Å²) in [6.07, 6.45) is 0.647. The lowest BCUT2D eigenvalue weighted by Gasteiger charge is -2.21. The Labute approximate surface area is 180 Å². The van der Waals surface area contributed by atoms with Gasteiger partial charge in [-0.1, -0.05) is 33.3 Å². The number of fused-ring (bicyclic) bond motifs is 1. The molecule has 150 valence electrons. The normalized spacial score (nSPS) is 10.9. The van der Waals surface area contributed by atoms with Crippen LogP contribution in [0.3, 0.4) is 0 Å². The molecule has 28 heavy (non-hydrogen) atoms. The molecule has 0 aliphatic heterocycles. The molecule has 0 atom stereocenters. The van der Waals surface area contributed by atoms with E-state index in [0.717, 1.165) is 33.4 Å². The first kappa shape index (κ1) is 22.7. The minimum Gasteiger partial charge on any atom is -0.309 e. The molecule has 0 N–H and O–H groups in total. The molecule has 0 aliphatic carbocycles. The standard InChI is InChI=1S/C19H18BrF2N3OS.ClH/c1-24(2)9-4-10-25(18(26)17-13(21)5-3-6-14(17)22)19-23-15-8-7-12(20)11-16(15)27-19;/h3,5-8,11H,4,9-10H2,1-2H3;1H. The van der Waals surface area contributed by atoms with Gasteiger partial charge in [0.15, 0.2) is 5.13 Å². The largest absolute Gasteiger partial charge is 0.309 e. The first-order valence-corrected chi connectivity index (χ1v) is 9.94. The molecule has 0 radical (unpaired) electrons. The summed E-state index contributed by atoms with van der Waals surface area (Å²) in [5.41, 5.74) is 0.181. The Morgan fingerprint density at radius 2 is 1.82 bits per heavy atom. The van der Waals surface area contributed by atoms with Gasteiger partial charge in [0.05, 0.1) is 10.2 Å². The van der Waals surface area contributed by atoms with E-state index in [9.17, 15) is 13.6 Å². The van der Waals surface area contributed by atoms with Crippen LogP contribution in [0.2, 0.25) is 0 Å². The van der Waals surface area contributed by atoms with E-state index >= 15 is 0 Å². The van der Waals surface area contributed by atoms with E-state index in [1.165, 1.54) is 22.3 Å². The van der Waals surface area contributed by atoms with E-state index in [-0.39, 0.29) is 12.4 Å². The lowest BCUT2D eigenvalue weighted by atomic mass is 10.1. The minimum absolute atomic E-state index is 0. The third kappa shape index (κ3) is 5.05. The first-order chi connectivity index (χ1) is 12.9. The fraction of sp³-hybridized carbons (Fsp3) is 0.263. The number of benzene rings is 2. The van der Waals surface area contributed by atoms with Gasteiger partial charge >= 0.3 is 0 Å². The number of thiazole rings is 1. The molecule has 9 heteroatoms. The predicted molar refractivity (Wildman–Crippen MR) is 116 cm³/mol. The molecule has 0 unspecified atom stereocenters. The zero-order valence-electron chi connectivity index (χ0n) is 15.3. The lowest BCUT2D eigenvalue weighted by molar-refractivity contribution is 0.0978. The van der Waals surface area contributed by atoms with Crippen LogP contribution in [0.1, 0.15) is 16.8 Å². The van der Waals surface area contributed by atoms with Crippen molar-refractivity contribution in [3.63, 3.8) is 0 Å². The van der Waals surface area contributed by atoms with Crippen LogP contribution in [-0.4, -0.2) is 43.0 Å². The van der Waals surface area contributed by atoms with E-state index in [0.29, 0.717) is 18.1 Å². The number of amides is 1. The molecule has 1 aromatic heterocycles. The second-order valence-electron chi connectivity index (χ2n) is 6.32. The van der Waals surface area contributed by atoms with Gasteiger partial charge < -0.3 is 4.90 Å². The van der Waals surface area contributed by atoms with E-state index in [2.05, 4.69) is 20.9 Å². The quantitative estimate of drug-likeness (QED) is 0.467. The maximum absolute atomic E-state index is 14.2. The third-order valence-corrected chi connectivity index (χ3v) is 5.51. The fourth-order valence-electron chi connectivity index (χ4n) is 2.67. The highest BCUT2D eigenvalue weighted by Gasteiger charge is 2.26. The molecule has 1 amide bonds. The summed E-state index contributed by atoms with van der Waals surface area (Å²) < 4.78 is 30.1. The smallest absolute Gasteiger partial charge is 0.266 e. The topological polar surface area (TPSA) is 36.4 Å². The van der Waals surface area contributed by atoms with Crippen LogP contribution in [0.5, 0.6) is 0 Å². The van der Waals surface area contributed by atoms with Crippen LogP contribution < -0.4 is 4.90 Å². The van der Waals surface area contributed by atoms with Crippen LogP contribution in [0.25, 0.3) is 10.2 Å². The maximum Gasteiger partial charge on any atom is 0.266 e. The molecule has 0 saturated heterocycles. The number of hydrogen-bond acceptors (Lipinski definition) is 4. The summed E-state index contributed by atoms with van der Waals surface area (Å²) in [6, 6.07) is 9.02. The molecule has 3 rings (SSSR count). The van der Waals surface area contributed by atoms with Gasteiger partial charge in [-0.05, 0) is 57.4 Å². The Balaban J connectivity index is 0.00000280. The fourth-order valence-corrected chi connectivity index (χ4v) is 4.21. The summed E-state index contributed by atoms with van der Waals surface area (Å²) in [4.78, 5) is 20.9. The maximum atomic E-state index is 14.2. The highest BCUT2D eigenvalue weighted by atomic mass is 79.9. The van der Waals surface area contributed by atoms with Crippen molar-refractivity contribution in [3.8, 4) is 0 Å². The van der Waals surface area contributed by atoms with Crippen LogP contribution in [-0.2, 0) is 0 Å². The van der Waals surface area contributed by atoms with Crippen LogP contribution in [0, 0.1) is 11.6 Å². The molecule has 1 heterocycles. The third-order valence-electron chi connectivity index (χ3n) is 3.98. The van der Waals surface area contributed by atoms with Crippen molar-refractivity contribution in [2.75, 3.05) is 32.1 Å². The summed E-state index contributed by atoms with van der Waals surface area (Å²) in [5, 5.41) is 0.425. The van der Waals surface area contributed by atoms with E-state index < -0.39 is 23.1 Å². The Morgan fingerprint density at radius 3 is 2.46 bits per heavy atom. The number of nitrogens with zero attached hydrogens (tertiary/aromatic N) is 3. The molecule has 0 fully saturated rings. The van der Waals surface area contributed by atoms with E-state index in [1.54, 1.807) is 0 Å². The molecule has 0 spiro atoms. The molecule has 3 aromatic rings. The van der Waals surface area contributed by atoms with Crippen molar-refractivity contribution in [2.45, 2.75) is 6.42 Å². The van der Waals surface area contributed by atoms with E-state index in [4.69, 9.17) is 0 Å². The Kier molecular flexibility index (Phi) is 7.88. The van der Waals surface area contributed by atoms with Gasteiger partial charge in [0.25, 0.3) is 5.91 Å². The Hall–Kier alpha value is -1.61. The summed E-state index contributed by atoms with van der Waals surface area (Å²) >= 11 is 4.73.